The number of rotatable bonds is 6. The zero-order valence-corrected chi connectivity index (χ0v) is 15.1. The number of aromatic nitrogens is 2. The molecule has 7 heteroatoms. The molecule has 0 amide bonds. The molecule has 0 aliphatic rings. The first-order valence-corrected chi connectivity index (χ1v) is 8.31. The van der Waals surface area contributed by atoms with Crippen LogP contribution in [-0.4, -0.2) is 22.7 Å². The van der Waals surface area contributed by atoms with Crippen molar-refractivity contribution in [3.05, 3.63) is 52.0 Å². The van der Waals surface area contributed by atoms with Crippen LogP contribution >= 0.6 is 12.2 Å². The first kappa shape index (κ1) is 18.4. The lowest BCUT2D eigenvalue weighted by atomic mass is 10.0. The van der Waals surface area contributed by atoms with Crippen LogP contribution in [0.3, 0.4) is 0 Å². The first-order chi connectivity index (χ1) is 11.4. The minimum atomic E-state index is -0.248. The fourth-order valence-corrected chi connectivity index (χ4v) is 2.70. The van der Waals surface area contributed by atoms with Crippen LogP contribution in [0, 0.1) is 10.6 Å². The molecule has 1 unspecified atom stereocenters. The quantitative estimate of drug-likeness (QED) is 0.622. The highest BCUT2D eigenvalue weighted by molar-refractivity contribution is 7.71. The van der Waals surface area contributed by atoms with E-state index in [0.717, 1.165) is 30.4 Å². The Morgan fingerprint density at radius 1 is 1.25 bits per heavy atom. The number of halogens is 1. The molecule has 0 aliphatic heterocycles. The van der Waals surface area contributed by atoms with Crippen LogP contribution in [0.4, 0.5) is 10.2 Å². The van der Waals surface area contributed by atoms with Crippen LogP contribution in [0.1, 0.15) is 24.4 Å². The maximum Gasteiger partial charge on any atom is 0.182 e. The number of nitrogens with two attached hydrogens (primary N) is 1. The average molecular weight is 349 g/mol. The van der Waals surface area contributed by atoms with Gasteiger partial charge >= 0.3 is 0 Å². The van der Waals surface area contributed by atoms with Crippen molar-refractivity contribution < 1.29 is 4.39 Å². The lowest BCUT2D eigenvalue weighted by Gasteiger charge is -2.15. The summed E-state index contributed by atoms with van der Waals surface area (Å²) < 4.78 is 17.4. The molecule has 0 fully saturated rings. The van der Waals surface area contributed by atoms with Crippen molar-refractivity contribution in [3.8, 4) is 0 Å². The molecule has 1 heterocycles. The van der Waals surface area contributed by atoms with E-state index in [1.165, 1.54) is 12.1 Å². The zero-order chi connectivity index (χ0) is 17.7. The number of nitrogens with zero attached hydrogens (tertiary/aromatic N) is 3. The van der Waals surface area contributed by atoms with Gasteiger partial charge in [0.25, 0.3) is 0 Å². The normalized spacial score (nSPS) is 13.2. The van der Waals surface area contributed by atoms with Gasteiger partial charge in [0.1, 0.15) is 17.1 Å². The minimum Gasteiger partial charge on any atom is -0.385 e. The maximum atomic E-state index is 13.2. The van der Waals surface area contributed by atoms with Crippen molar-refractivity contribution in [1.82, 2.24) is 14.5 Å². The lowest BCUT2D eigenvalue weighted by molar-refractivity contribution is 0.566. The second kappa shape index (κ2) is 8.21. The van der Waals surface area contributed by atoms with Gasteiger partial charge in [0, 0.05) is 20.2 Å². The van der Waals surface area contributed by atoms with Crippen LogP contribution < -0.4 is 16.5 Å². The van der Waals surface area contributed by atoms with Crippen molar-refractivity contribution in [2.24, 2.45) is 19.1 Å². The standard InChI is InChI=1S/C17H24FN5S/c1-20-10-4-5-14(12-6-8-13(18)9-7-12)21-16-11-15(19)22(2)17(24)23(16)3/h6-9,11,14,20H,4-5,10,19H2,1-3H3. The van der Waals surface area contributed by atoms with Gasteiger partial charge in [-0.25, -0.2) is 4.39 Å². The van der Waals surface area contributed by atoms with E-state index >= 15 is 0 Å². The largest absolute Gasteiger partial charge is 0.385 e. The van der Waals surface area contributed by atoms with E-state index in [0.29, 0.717) is 10.6 Å². The van der Waals surface area contributed by atoms with E-state index in [1.54, 1.807) is 16.7 Å². The molecule has 0 radical (unpaired) electrons. The number of nitrogens with one attached hydrogen (secondary N) is 1. The second-order valence-corrected chi connectivity index (χ2v) is 6.14. The summed E-state index contributed by atoms with van der Waals surface area (Å²) in [6.45, 7) is 0.900. The van der Waals surface area contributed by atoms with E-state index in [2.05, 4.69) is 5.32 Å². The molecular weight excluding hydrogens is 325 g/mol. The number of nitrogen functional groups attached to an aromatic ring is 1. The van der Waals surface area contributed by atoms with Gasteiger partial charge in [-0.15, -0.1) is 0 Å². The Bertz CT molecular complexity index is 807. The Balaban J connectivity index is 2.48. The Hall–Kier alpha value is -1.99. The number of benzene rings is 1. The van der Waals surface area contributed by atoms with E-state index in [4.69, 9.17) is 22.9 Å². The summed E-state index contributed by atoms with van der Waals surface area (Å²) in [5.41, 5.74) is 7.70. The Kier molecular flexibility index (Phi) is 6.28. The second-order valence-electron chi connectivity index (χ2n) is 5.77. The SMILES string of the molecule is CNCCCC(N=c1cc(N)n(C)c(=S)n1C)c1ccc(F)cc1. The minimum absolute atomic E-state index is 0.0772. The van der Waals surface area contributed by atoms with Gasteiger partial charge in [-0.05, 0) is 56.3 Å². The third kappa shape index (κ3) is 4.30. The Labute approximate surface area is 146 Å². The van der Waals surface area contributed by atoms with Gasteiger partial charge in [-0.1, -0.05) is 12.1 Å². The van der Waals surface area contributed by atoms with E-state index in [-0.39, 0.29) is 11.9 Å². The Morgan fingerprint density at radius 3 is 2.54 bits per heavy atom. The average Bonchev–Trinajstić information content (AvgIpc) is 2.57. The van der Waals surface area contributed by atoms with Crippen molar-refractivity contribution in [3.63, 3.8) is 0 Å². The molecule has 1 atom stereocenters. The topological polar surface area (TPSA) is 60.3 Å². The van der Waals surface area contributed by atoms with Crippen molar-refractivity contribution in [2.45, 2.75) is 18.9 Å². The highest BCUT2D eigenvalue weighted by Gasteiger charge is 2.11. The summed E-state index contributed by atoms with van der Waals surface area (Å²) in [5.74, 6) is 0.312. The highest BCUT2D eigenvalue weighted by Crippen LogP contribution is 2.22. The molecule has 1 aromatic heterocycles. The third-order valence-electron chi connectivity index (χ3n) is 4.03. The molecule has 130 valence electrons. The number of hydrogen-bond acceptors (Lipinski definition) is 4. The van der Waals surface area contributed by atoms with Crippen LogP contribution in [0.5, 0.6) is 0 Å². The van der Waals surface area contributed by atoms with E-state index in [9.17, 15) is 4.39 Å². The predicted octanol–water partition coefficient (Wildman–Crippen LogP) is 2.46. The lowest BCUT2D eigenvalue weighted by Crippen LogP contribution is -2.25. The van der Waals surface area contributed by atoms with Gasteiger partial charge in [0.2, 0.25) is 0 Å². The molecule has 0 bridgehead atoms. The highest BCUT2D eigenvalue weighted by atomic mass is 32.1. The van der Waals surface area contributed by atoms with Crippen molar-refractivity contribution in [1.29, 1.82) is 0 Å². The summed E-state index contributed by atoms with van der Waals surface area (Å²) in [7, 11) is 5.62. The Morgan fingerprint density at radius 2 is 1.92 bits per heavy atom. The molecular formula is C17H24FN5S. The molecule has 0 saturated carbocycles. The molecule has 5 nitrogen and oxygen atoms in total. The van der Waals surface area contributed by atoms with Crippen LogP contribution in [-0.2, 0) is 14.1 Å². The third-order valence-corrected chi connectivity index (χ3v) is 4.58. The molecule has 2 aromatic rings. The first-order valence-electron chi connectivity index (χ1n) is 7.90. The van der Waals surface area contributed by atoms with Crippen LogP contribution in [0.25, 0.3) is 0 Å². The molecule has 24 heavy (non-hydrogen) atoms. The van der Waals surface area contributed by atoms with E-state index < -0.39 is 0 Å². The van der Waals surface area contributed by atoms with Gasteiger partial charge in [0.15, 0.2) is 4.77 Å². The molecule has 0 saturated heterocycles. The number of hydrogen-bond donors (Lipinski definition) is 2. The summed E-state index contributed by atoms with van der Waals surface area (Å²) in [5, 5.41) is 3.14. The summed E-state index contributed by atoms with van der Waals surface area (Å²) >= 11 is 5.39. The van der Waals surface area contributed by atoms with Crippen molar-refractivity contribution >= 4 is 18.0 Å². The number of anilines is 1. The molecule has 1 aromatic carbocycles. The van der Waals surface area contributed by atoms with Crippen LogP contribution in [0.15, 0.2) is 35.3 Å². The fraction of sp³-hybridized carbons (Fsp3) is 0.412. The van der Waals surface area contributed by atoms with Gasteiger partial charge in [-0.2, -0.15) is 0 Å². The van der Waals surface area contributed by atoms with Gasteiger partial charge in [0.05, 0.1) is 6.04 Å². The van der Waals surface area contributed by atoms with Crippen LogP contribution in [0.2, 0.25) is 0 Å². The zero-order valence-electron chi connectivity index (χ0n) is 14.3. The summed E-state index contributed by atoms with van der Waals surface area (Å²) in [6.07, 6.45) is 1.81. The smallest absolute Gasteiger partial charge is 0.182 e. The molecule has 3 N–H and O–H groups in total. The van der Waals surface area contributed by atoms with Gasteiger partial charge < -0.3 is 20.2 Å². The van der Waals surface area contributed by atoms with Crippen molar-refractivity contribution in [2.75, 3.05) is 19.3 Å². The monoisotopic (exact) mass is 349 g/mol. The summed E-state index contributed by atoms with van der Waals surface area (Å²) in [6, 6.07) is 8.23. The predicted molar refractivity (Wildman–Crippen MR) is 97.5 cm³/mol. The summed E-state index contributed by atoms with van der Waals surface area (Å²) in [4.78, 5) is 4.85. The molecule has 0 spiro atoms. The maximum absolute atomic E-state index is 13.2. The molecule has 0 aliphatic carbocycles. The van der Waals surface area contributed by atoms with E-state index in [1.807, 2.05) is 31.8 Å². The van der Waals surface area contributed by atoms with Gasteiger partial charge in [-0.3, -0.25) is 4.99 Å². The molecule has 2 rings (SSSR count). The fourth-order valence-electron chi connectivity index (χ4n) is 2.51.